The van der Waals surface area contributed by atoms with E-state index in [0.29, 0.717) is 5.58 Å². The minimum absolute atomic E-state index is 0.304. The molecule has 0 N–H and O–H groups in total. The zero-order chi connectivity index (χ0) is 13.1. The standard InChI is InChI=1S/C15H14O2S/c1-10(2)6-7-18-12-4-5-13-11(3)8-15(16)17-14(13)9-12/h4-5,7-9H,1-3H3. The maximum atomic E-state index is 11.3. The van der Waals surface area contributed by atoms with Crippen molar-refractivity contribution in [3.05, 3.63) is 57.0 Å². The van der Waals surface area contributed by atoms with Gasteiger partial charge in [0.1, 0.15) is 5.58 Å². The fraction of sp³-hybridized carbons (Fsp3) is 0.200. The van der Waals surface area contributed by atoms with Gasteiger partial charge in [0, 0.05) is 21.8 Å². The second-order valence-corrected chi connectivity index (χ2v) is 5.23. The number of hydrogen-bond donors (Lipinski definition) is 0. The maximum absolute atomic E-state index is 11.3. The van der Waals surface area contributed by atoms with Crippen molar-refractivity contribution in [1.82, 2.24) is 0 Å². The van der Waals surface area contributed by atoms with Crippen LogP contribution < -0.4 is 5.63 Å². The lowest BCUT2D eigenvalue weighted by molar-refractivity contribution is 0.559. The second-order valence-electron chi connectivity index (χ2n) is 4.29. The van der Waals surface area contributed by atoms with Crippen LogP contribution in [0.3, 0.4) is 0 Å². The highest BCUT2D eigenvalue weighted by molar-refractivity contribution is 8.02. The Bertz CT molecular complexity index is 700. The predicted octanol–water partition coefficient (Wildman–Crippen LogP) is 4.27. The number of fused-ring (bicyclic) bond motifs is 1. The van der Waals surface area contributed by atoms with Crippen LogP contribution in [0.1, 0.15) is 19.4 Å². The molecule has 0 fully saturated rings. The van der Waals surface area contributed by atoms with Crippen LogP contribution >= 0.6 is 11.8 Å². The Hall–Kier alpha value is -1.70. The summed E-state index contributed by atoms with van der Waals surface area (Å²) in [5.74, 6) is 0. The number of thioether (sulfide) groups is 1. The average molecular weight is 258 g/mol. The molecular formula is C15H14O2S. The van der Waals surface area contributed by atoms with Crippen LogP contribution in [-0.2, 0) is 0 Å². The van der Waals surface area contributed by atoms with Gasteiger partial charge in [-0.1, -0.05) is 11.8 Å². The first-order valence-electron chi connectivity index (χ1n) is 5.66. The van der Waals surface area contributed by atoms with Gasteiger partial charge in [-0.3, -0.25) is 0 Å². The van der Waals surface area contributed by atoms with Crippen LogP contribution in [0.4, 0.5) is 0 Å². The summed E-state index contributed by atoms with van der Waals surface area (Å²) in [4.78, 5) is 12.4. The van der Waals surface area contributed by atoms with E-state index in [-0.39, 0.29) is 5.63 Å². The highest BCUT2D eigenvalue weighted by Crippen LogP contribution is 2.25. The number of aryl methyl sites for hydroxylation is 1. The summed E-state index contributed by atoms with van der Waals surface area (Å²) in [6, 6.07) is 7.39. The SMILES string of the molecule is CC(C)=C=CSc1ccc2c(C)cc(=O)oc2c1. The summed E-state index contributed by atoms with van der Waals surface area (Å²) >= 11 is 1.56. The lowest BCUT2D eigenvalue weighted by Crippen LogP contribution is -1.97. The van der Waals surface area contributed by atoms with E-state index >= 15 is 0 Å². The maximum Gasteiger partial charge on any atom is 0.336 e. The van der Waals surface area contributed by atoms with Crippen LogP contribution in [0.2, 0.25) is 0 Å². The van der Waals surface area contributed by atoms with Gasteiger partial charge in [-0.05, 0) is 50.1 Å². The van der Waals surface area contributed by atoms with Gasteiger partial charge in [0.25, 0.3) is 0 Å². The van der Waals surface area contributed by atoms with Crippen LogP contribution in [0.5, 0.6) is 0 Å². The Morgan fingerprint density at radius 3 is 2.83 bits per heavy atom. The molecule has 92 valence electrons. The van der Waals surface area contributed by atoms with Gasteiger partial charge in [0.05, 0.1) is 0 Å². The van der Waals surface area contributed by atoms with E-state index in [9.17, 15) is 4.79 Å². The Morgan fingerprint density at radius 2 is 2.11 bits per heavy atom. The van der Waals surface area contributed by atoms with Crippen molar-refractivity contribution in [3.8, 4) is 0 Å². The highest BCUT2D eigenvalue weighted by atomic mass is 32.2. The molecule has 18 heavy (non-hydrogen) atoms. The minimum Gasteiger partial charge on any atom is -0.423 e. The third-order valence-corrected chi connectivity index (χ3v) is 3.23. The lowest BCUT2D eigenvalue weighted by Gasteiger charge is -2.01. The normalized spacial score (nSPS) is 10.2. The predicted molar refractivity (Wildman–Crippen MR) is 76.0 cm³/mol. The largest absolute Gasteiger partial charge is 0.423 e. The number of allylic oxidation sites excluding steroid dienone is 1. The topological polar surface area (TPSA) is 30.2 Å². The van der Waals surface area contributed by atoms with E-state index in [2.05, 4.69) is 5.73 Å². The molecule has 0 saturated carbocycles. The van der Waals surface area contributed by atoms with Gasteiger partial charge >= 0.3 is 5.63 Å². The minimum atomic E-state index is -0.304. The number of rotatable bonds is 2. The van der Waals surface area contributed by atoms with Gasteiger partial charge in [-0.2, -0.15) is 0 Å². The molecule has 1 heterocycles. The fourth-order valence-electron chi connectivity index (χ4n) is 1.59. The van der Waals surface area contributed by atoms with Gasteiger partial charge in [-0.15, -0.1) is 5.73 Å². The van der Waals surface area contributed by atoms with Gasteiger partial charge < -0.3 is 4.42 Å². The number of hydrogen-bond acceptors (Lipinski definition) is 3. The molecule has 0 radical (unpaired) electrons. The molecule has 0 aliphatic rings. The average Bonchev–Trinajstić information content (AvgIpc) is 2.27. The molecule has 1 aromatic carbocycles. The first-order chi connectivity index (χ1) is 8.56. The molecule has 0 amide bonds. The smallest absolute Gasteiger partial charge is 0.336 e. The first-order valence-corrected chi connectivity index (χ1v) is 6.54. The molecule has 2 rings (SSSR count). The summed E-state index contributed by atoms with van der Waals surface area (Å²) in [7, 11) is 0. The molecule has 0 spiro atoms. The second kappa shape index (κ2) is 5.30. The molecule has 0 bridgehead atoms. The summed E-state index contributed by atoms with van der Waals surface area (Å²) in [5.41, 5.74) is 5.53. The van der Waals surface area contributed by atoms with Gasteiger partial charge in [-0.25, -0.2) is 4.79 Å². The Labute approximate surface area is 110 Å². The van der Waals surface area contributed by atoms with E-state index in [1.807, 2.05) is 44.4 Å². The molecule has 0 saturated heterocycles. The Balaban J connectivity index is 2.44. The van der Waals surface area contributed by atoms with Crippen molar-refractivity contribution < 1.29 is 4.42 Å². The Kier molecular flexibility index (Phi) is 3.75. The van der Waals surface area contributed by atoms with Crippen molar-refractivity contribution in [2.45, 2.75) is 25.7 Å². The third-order valence-electron chi connectivity index (χ3n) is 2.47. The van der Waals surface area contributed by atoms with E-state index in [4.69, 9.17) is 4.42 Å². The molecule has 0 aliphatic heterocycles. The quantitative estimate of drug-likeness (QED) is 0.458. The summed E-state index contributed by atoms with van der Waals surface area (Å²) in [5, 5.41) is 2.88. The number of benzene rings is 1. The monoisotopic (exact) mass is 258 g/mol. The van der Waals surface area contributed by atoms with E-state index in [0.717, 1.165) is 21.4 Å². The van der Waals surface area contributed by atoms with Crippen LogP contribution in [0.15, 0.2) is 55.1 Å². The van der Waals surface area contributed by atoms with Crippen LogP contribution in [0, 0.1) is 6.92 Å². The van der Waals surface area contributed by atoms with E-state index in [1.165, 1.54) is 6.07 Å². The van der Waals surface area contributed by atoms with Crippen molar-refractivity contribution in [3.63, 3.8) is 0 Å². The van der Waals surface area contributed by atoms with E-state index < -0.39 is 0 Å². The summed E-state index contributed by atoms with van der Waals surface area (Å²) < 4.78 is 5.20. The summed E-state index contributed by atoms with van der Waals surface area (Å²) in [6.07, 6.45) is 0. The van der Waals surface area contributed by atoms with Crippen molar-refractivity contribution in [2.75, 3.05) is 0 Å². The molecular weight excluding hydrogens is 244 g/mol. The molecule has 2 nitrogen and oxygen atoms in total. The molecule has 0 atom stereocenters. The van der Waals surface area contributed by atoms with Crippen LogP contribution in [-0.4, -0.2) is 0 Å². The molecule has 2 aromatic rings. The van der Waals surface area contributed by atoms with Gasteiger partial charge in [0.15, 0.2) is 0 Å². The fourth-order valence-corrected chi connectivity index (χ4v) is 2.35. The van der Waals surface area contributed by atoms with Crippen molar-refractivity contribution in [2.24, 2.45) is 0 Å². The first kappa shape index (κ1) is 12.7. The van der Waals surface area contributed by atoms with Crippen molar-refractivity contribution in [1.29, 1.82) is 0 Å². The summed E-state index contributed by atoms with van der Waals surface area (Å²) in [6.45, 7) is 5.91. The van der Waals surface area contributed by atoms with Crippen molar-refractivity contribution >= 4 is 22.7 Å². The lowest BCUT2D eigenvalue weighted by atomic mass is 10.1. The highest BCUT2D eigenvalue weighted by Gasteiger charge is 2.02. The van der Waals surface area contributed by atoms with Gasteiger partial charge in [0.2, 0.25) is 0 Å². The zero-order valence-electron chi connectivity index (χ0n) is 10.6. The molecule has 1 aromatic heterocycles. The molecule has 0 unspecified atom stereocenters. The third kappa shape index (κ3) is 2.95. The molecule has 0 aliphatic carbocycles. The van der Waals surface area contributed by atoms with E-state index in [1.54, 1.807) is 11.8 Å². The zero-order valence-corrected chi connectivity index (χ0v) is 11.4. The molecule has 3 heteroatoms. The van der Waals surface area contributed by atoms with Crippen LogP contribution in [0.25, 0.3) is 11.0 Å². The Morgan fingerprint density at radius 1 is 1.33 bits per heavy atom.